The zero-order chi connectivity index (χ0) is 14.7. The molecule has 0 bridgehead atoms. The van der Waals surface area contributed by atoms with Crippen molar-refractivity contribution >= 4 is 23.4 Å². The Morgan fingerprint density at radius 1 is 1.57 bits per heavy atom. The van der Waals surface area contributed by atoms with Gasteiger partial charge in [-0.25, -0.2) is 0 Å². The fourth-order valence-electron chi connectivity index (χ4n) is 2.93. The number of hydrogen-bond acceptors (Lipinski definition) is 5. The number of nitrogens with two attached hydrogens (primary N) is 1. The van der Waals surface area contributed by atoms with Crippen LogP contribution in [0.1, 0.15) is 19.3 Å². The van der Waals surface area contributed by atoms with Crippen LogP contribution in [0.15, 0.2) is 12.4 Å². The highest BCUT2D eigenvalue weighted by atomic mass is 32.2. The Morgan fingerprint density at radius 2 is 2.48 bits per heavy atom. The third-order valence-electron chi connectivity index (χ3n) is 4.04. The largest absolute Gasteiger partial charge is 0.396 e. The number of nitrogens with zero attached hydrogens (tertiary/aromatic N) is 3. The molecule has 0 radical (unpaired) electrons. The van der Waals surface area contributed by atoms with Crippen molar-refractivity contribution in [2.45, 2.75) is 38.0 Å². The molecule has 3 heterocycles. The Balaban J connectivity index is 1.65. The molecule has 2 atom stereocenters. The van der Waals surface area contributed by atoms with E-state index in [9.17, 15) is 4.79 Å². The Kier molecular flexibility index (Phi) is 4.70. The first-order chi connectivity index (χ1) is 10.2. The average Bonchev–Trinajstić information content (AvgIpc) is 3.18. The van der Waals surface area contributed by atoms with Gasteiger partial charge >= 0.3 is 0 Å². The first kappa shape index (κ1) is 14.7. The van der Waals surface area contributed by atoms with Crippen LogP contribution in [0.25, 0.3) is 0 Å². The molecule has 2 unspecified atom stereocenters. The van der Waals surface area contributed by atoms with Crippen molar-refractivity contribution in [1.82, 2.24) is 14.7 Å². The van der Waals surface area contributed by atoms with Crippen LogP contribution in [0.2, 0.25) is 0 Å². The zero-order valence-corrected chi connectivity index (χ0v) is 12.9. The van der Waals surface area contributed by atoms with Crippen LogP contribution < -0.4 is 5.73 Å². The summed E-state index contributed by atoms with van der Waals surface area (Å²) in [4.78, 5) is 14.7. The van der Waals surface area contributed by atoms with E-state index in [0.717, 1.165) is 37.4 Å². The minimum absolute atomic E-state index is 0.112. The van der Waals surface area contributed by atoms with Crippen molar-refractivity contribution in [1.29, 1.82) is 0 Å². The van der Waals surface area contributed by atoms with Gasteiger partial charge in [0.05, 0.1) is 18.0 Å². The van der Waals surface area contributed by atoms with Crippen molar-refractivity contribution in [2.75, 3.05) is 30.4 Å². The number of hydrogen-bond donors (Lipinski definition) is 1. The van der Waals surface area contributed by atoms with Gasteiger partial charge in [-0.2, -0.15) is 16.9 Å². The molecule has 1 aromatic heterocycles. The number of rotatable bonds is 5. The monoisotopic (exact) mass is 310 g/mol. The smallest absolute Gasteiger partial charge is 0.244 e. The number of carbonyl (C=O) groups is 1. The summed E-state index contributed by atoms with van der Waals surface area (Å²) in [7, 11) is 0. The molecule has 7 heteroatoms. The first-order valence-electron chi connectivity index (χ1n) is 7.49. The maximum atomic E-state index is 12.7. The second kappa shape index (κ2) is 6.70. The molecule has 3 rings (SSSR count). The van der Waals surface area contributed by atoms with Gasteiger partial charge < -0.3 is 15.4 Å². The molecule has 0 saturated carbocycles. The van der Waals surface area contributed by atoms with Crippen LogP contribution in [-0.2, 0) is 16.1 Å². The van der Waals surface area contributed by atoms with E-state index in [4.69, 9.17) is 10.5 Å². The van der Waals surface area contributed by atoms with Crippen LogP contribution in [0.5, 0.6) is 0 Å². The number of amides is 1. The van der Waals surface area contributed by atoms with Gasteiger partial charge in [-0.3, -0.25) is 9.48 Å². The standard InChI is InChI=1S/C14H22N4O2S/c15-11-6-16-17(7-11)9-14(19)18(12-3-5-21-10-12)8-13-2-1-4-20-13/h6-7,12-13H,1-5,8-10,15H2. The minimum atomic E-state index is 0.112. The quantitative estimate of drug-likeness (QED) is 0.877. The molecule has 0 spiro atoms. The number of ether oxygens (including phenoxy) is 1. The molecule has 1 amide bonds. The van der Waals surface area contributed by atoms with E-state index < -0.39 is 0 Å². The van der Waals surface area contributed by atoms with Crippen molar-refractivity contribution in [3.8, 4) is 0 Å². The third kappa shape index (κ3) is 3.71. The van der Waals surface area contributed by atoms with Crippen LogP contribution >= 0.6 is 11.8 Å². The van der Waals surface area contributed by atoms with Gasteiger partial charge in [0, 0.05) is 31.1 Å². The van der Waals surface area contributed by atoms with Gasteiger partial charge in [0.1, 0.15) is 6.54 Å². The van der Waals surface area contributed by atoms with Gasteiger partial charge in [0.2, 0.25) is 5.91 Å². The summed E-state index contributed by atoms with van der Waals surface area (Å²) < 4.78 is 7.32. The second-order valence-corrected chi connectivity index (χ2v) is 6.82. The summed E-state index contributed by atoms with van der Waals surface area (Å²) in [6.45, 7) is 1.79. The molecule has 116 valence electrons. The van der Waals surface area contributed by atoms with Crippen LogP contribution in [-0.4, -0.2) is 57.4 Å². The van der Waals surface area contributed by atoms with E-state index in [1.54, 1.807) is 17.1 Å². The van der Waals surface area contributed by atoms with Gasteiger partial charge in [0.25, 0.3) is 0 Å². The predicted octanol–water partition coefficient (Wildman–Crippen LogP) is 0.978. The van der Waals surface area contributed by atoms with Gasteiger partial charge in [-0.05, 0) is 25.0 Å². The Labute approximate surface area is 129 Å². The molecule has 2 saturated heterocycles. The third-order valence-corrected chi connectivity index (χ3v) is 5.19. The first-order valence-corrected chi connectivity index (χ1v) is 8.64. The molecule has 2 N–H and O–H groups in total. The normalized spacial score (nSPS) is 25.3. The lowest BCUT2D eigenvalue weighted by Gasteiger charge is -2.30. The summed E-state index contributed by atoms with van der Waals surface area (Å²) in [5.41, 5.74) is 6.24. The molecular formula is C14H22N4O2S. The molecule has 0 aliphatic carbocycles. The fourth-order valence-corrected chi connectivity index (χ4v) is 4.15. The number of anilines is 1. The van der Waals surface area contributed by atoms with E-state index in [2.05, 4.69) is 5.10 Å². The van der Waals surface area contributed by atoms with Crippen LogP contribution in [0.4, 0.5) is 5.69 Å². The van der Waals surface area contributed by atoms with E-state index in [0.29, 0.717) is 18.3 Å². The van der Waals surface area contributed by atoms with Crippen molar-refractivity contribution in [3.63, 3.8) is 0 Å². The fraction of sp³-hybridized carbons (Fsp3) is 0.714. The van der Waals surface area contributed by atoms with E-state index >= 15 is 0 Å². The molecule has 2 aliphatic heterocycles. The number of nitrogen functional groups attached to an aromatic ring is 1. The highest BCUT2D eigenvalue weighted by Gasteiger charge is 2.30. The minimum Gasteiger partial charge on any atom is -0.396 e. The molecular weight excluding hydrogens is 288 g/mol. The Bertz CT molecular complexity index is 481. The van der Waals surface area contributed by atoms with Gasteiger partial charge in [-0.15, -0.1) is 0 Å². The SMILES string of the molecule is Nc1cnn(CC(=O)N(CC2CCCO2)C2CCSC2)c1. The lowest BCUT2D eigenvalue weighted by atomic mass is 10.1. The average molecular weight is 310 g/mol. The Hall–Kier alpha value is -1.21. The second-order valence-electron chi connectivity index (χ2n) is 5.67. The van der Waals surface area contributed by atoms with Crippen LogP contribution in [0, 0.1) is 0 Å². The van der Waals surface area contributed by atoms with E-state index in [1.165, 1.54) is 0 Å². The topological polar surface area (TPSA) is 73.4 Å². The zero-order valence-electron chi connectivity index (χ0n) is 12.1. The van der Waals surface area contributed by atoms with Gasteiger partial charge in [-0.1, -0.05) is 0 Å². The molecule has 21 heavy (non-hydrogen) atoms. The van der Waals surface area contributed by atoms with E-state index in [1.807, 2.05) is 16.7 Å². The molecule has 0 aromatic carbocycles. The summed E-state index contributed by atoms with van der Waals surface area (Å²) >= 11 is 1.92. The maximum absolute atomic E-state index is 12.7. The van der Waals surface area contributed by atoms with E-state index in [-0.39, 0.29) is 18.6 Å². The number of thioether (sulfide) groups is 1. The molecule has 2 fully saturated rings. The highest BCUT2D eigenvalue weighted by Crippen LogP contribution is 2.24. The summed E-state index contributed by atoms with van der Waals surface area (Å²) in [5, 5.41) is 4.10. The van der Waals surface area contributed by atoms with Gasteiger partial charge in [0.15, 0.2) is 0 Å². The van der Waals surface area contributed by atoms with Crippen molar-refractivity contribution < 1.29 is 9.53 Å². The Morgan fingerprint density at radius 3 is 3.10 bits per heavy atom. The predicted molar refractivity (Wildman–Crippen MR) is 83.1 cm³/mol. The van der Waals surface area contributed by atoms with Crippen molar-refractivity contribution in [3.05, 3.63) is 12.4 Å². The lowest BCUT2D eigenvalue weighted by Crippen LogP contribution is -2.46. The number of carbonyl (C=O) groups excluding carboxylic acids is 1. The lowest BCUT2D eigenvalue weighted by molar-refractivity contribution is -0.135. The van der Waals surface area contributed by atoms with Crippen LogP contribution in [0.3, 0.4) is 0 Å². The number of aromatic nitrogens is 2. The summed E-state index contributed by atoms with van der Waals surface area (Å²) in [6.07, 6.45) is 6.70. The highest BCUT2D eigenvalue weighted by molar-refractivity contribution is 7.99. The van der Waals surface area contributed by atoms with Crippen molar-refractivity contribution in [2.24, 2.45) is 0 Å². The summed E-state index contributed by atoms with van der Waals surface area (Å²) in [6, 6.07) is 0.333. The maximum Gasteiger partial charge on any atom is 0.244 e. The molecule has 2 aliphatic rings. The molecule has 6 nitrogen and oxygen atoms in total. The summed E-state index contributed by atoms with van der Waals surface area (Å²) in [5.74, 6) is 2.27. The molecule has 1 aromatic rings.